The summed E-state index contributed by atoms with van der Waals surface area (Å²) in [4.78, 5) is 13.5. The molecule has 3 nitrogen and oxygen atoms in total. The van der Waals surface area contributed by atoms with Crippen molar-refractivity contribution in [3.05, 3.63) is 59.0 Å². The minimum absolute atomic E-state index is 0.157. The first kappa shape index (κ1) is 11.7. The second-order valence-corrected chi connectivity index (χ2v) is 4.14. The van der Waals surface area contributed by atoms with Crippen molar-refractivity contribution < 1.29 is 9.21 Å². The van der Waals surface area contributed by atoms with Gasteiger partial charge in [-0.05, 0) is 23.8 Å². The van der Waals surface area contributed by atoms with E-state index in [2.05, 4.69) is 0 Å². The molecule has 88 valence electrons. The molecule has 1 amide bonds. The van der Waals surface area contributed by atoms with Gasteiger partial charge in [0.15, 0.2) is 5.76 Å². The van der Waals surface area contributed by atoms with Gasteiger partial charge in [0.1, 0.15) is 0 Å². The van der Waals surface area contributed by atoms with Crippen LogP contribution in [0.3, 0.4) is 0 Å². The zero-order chi connectivity index (χ0) is 12.3. The Morgan fingerprint density at radius 1 is 1.29 bits per heavy atom. The first-order valence-electron chi connectivity index (χ1n) is 5.21. The molecular weight excluding hydrogens is 238 g/mol. The molecule has 0 bridgehead atoms. The highest BCUT2D eigenvalue weighted by atomic mass is 35.5. The molecule has 0 aliphatic heterocycles. The van der Waals surface area contributed by atoms with E-state index in [0.717, 1.165) is 5.56 Å². The van der Waals surface area contributed by atoms with Crippen molar-refractivity contribution in [2.75, 3.05) is 7.05 Å². The Bertz CT molecular complexity index is 508. The van der Waals surface area contributed by atoms with E-state index < -0.39 is 0 Å². The molecule has 0 N–H and O–H groups in total. The van der Waals surface area contributed by atoms with Crippen molar-refractivity contribution >= 4 is 17.5 Å². The molecule has 0 unspecified atom stereocenters. The highest BCUT2D eigenvalue weighted by molar-refractivity contribution is 6.31. The van der Waals surface area contributed by atoms with Crippen LogP contribution >= 0.6 is 11.6 Å². The fourth-order valence-corrected chi connectivity index (χ4v) is 1.74. The monoisotopic (exact) mass is 249 g/mol. The van der Waals surface area contributed by atoms with Gasteiger partial charge in [-0.25, -0.2) is 0 Å². The van der Waals surface area contributed by atoms with Crippen LogP contribution in [0.2, 0.25) is 5.02 Å². The first-order chi connectivity index (χ1) is 8.18. The summed E-state index contributed by atoms with van der Waals surface area (Å²) in [5.74, 6) is 0.175. The zero-order valence-electron chi connectivity index (χ0n) is 9.39. The lowest BCUT2D eigenvalue weighted by Gasteiger charge is -2.16. The van der Waals surface area contributed by atoms with E-state index in [-0.39, 0.29) is 5.91 Å². The Kier molecular flexibility index (Phi) is 3.49. The van der Waals surface area contributed by atoms with Crippen molar-refractivity contribution in [3.8, 4) is 0 Å². The largest absolute Gasteiger partial charge is 0.459 e. The molecule has 0 atom stereocenters. The summed E-state index contributed by atoms with van der Waals surface area (Å²) in [6, 6.07) is 10.8. The number of hydrogen-bond donors (Lipinski definition) is 0. The average molecular weight is 250 g/mol. The van der Waals surface area contributed by atoms with Gasteiger partial charge in [0.25, 0.3) is 5.91 Å². The topological polar surface area (TPSA) is 33.5 Å². The molecule has 4 heteroatoms. The number of hydrogen-bond acceptors (Lipinski definition) is 2. The normalized spacial score (nSPS) is 10.2. The molecule has 0 radical (unpaired) electrons. The summed E-state index contributed by atoms with van der Waals surface area (Å²) in [5.41, 5.74) is 0.913. The van der Waals surface area contributed by atoms with E-state index in [0.29, 0.717) is 17.3 Å². The number of carbonyl (C=O) groups excluding carboxylic acids is 1. The second-order valence-electron chi connectivity index (χ2n) is 3.73. The number of amides is 1. The standard InChI is InChI=1S/C13H12ClNO2/c1-15(13(16)12-7-4-8-17-12)9-10-5-2-3-6-11(10)14/h2-8H,9H2,1H3. The van der Waals surface area contributed by atoms with Crippen LogP contribution in [0.25, 0.3) is 0 Å². The van der Waals surface area contributed by atoms with Crippen molar-refractivity contribution in [2.24, 2.45) is 0 Å². The lowest BCUT2D eigenvalue weighted by Crippen LogP contribution is -2.25. The van der Waals surface area contributed by atoms with Crippen LogP contribution < -0.4 is 0 Å². The maximum atomic E-state index is 11.9. The number of halogens is 1. The molecule has 0 aliphatic carbocycles. The molecule has 0 aliphatic rings. The molecule has 1 aromatic heterocycles. The summed E-state index contributed by atoms with van der Waals surface area (Å²) < 4.78 is 5.06. The van der Waals surface area contributed by atoms with Gasteiger partial charge in [0, 0.05) is 18.6 Å². The van der Waals surface area contributed by atoms with Gasteiger partial charge in [-0.2, -0.15) is 0 Å². The number of benzene rings is 1. The van der Waals surface area contributed by atoms with Gasteiger partial charge in [-0.1, -0.05) is 29.8 Å². The zero-order valence-corrected chi connectivity index (χ0v) is 10.1. The van der Waals surface area contributed by atoms with Crippen molar-refractivity contribution in [2.45, 2.75) is 6.54 Å². The number of rotatable bonds is 3. The van der Waals surface area contributed by atoms with E-state index in [9.17, 15) is 4.79 Å². The summed E-state index contributed by atoms with van der Waals surface area (Å²) in [6.45, 7) is 0.458. The van der Waals surface area contributed by atoms with Crippen molar-refractivity contribution in [1.82, 2.24) is 4.90 Å². The highest BCUT2D eigenvalue weighted by Crippen LogP contribution is 2.17. The summed E-state index contributed by atoms with van der Waals surface area (Å²) in [6.07, 6.45) is 1.48. The average Bonchev–Trinajstić information content (AvgIpc) is 2.84. The smallest absolute Gasteiger partial charge is 0.289 e. The Morgan fingerprint density at radius 2 is 2.06 bits per heavy atom. The van der Waals surface area contributed by atoms with Gasteiger partial charge in [0.2, 0.25) is 0 Å². The maximum absolute atomic E-state index is 11.9. The predicted molar refractivity (Wildman–Crippen MR) is 66.0 cm³/mol. The Balaban J connectivity index is 2.10. The van der Waals surface area contributed by atoms with Crippen LogP contribution in [0.15, 0.2) is 47.1 Å². The predicted octanol–water partition coefficient (Wildman–Crippen LogP) is 3.21. The fourth-order valence-electron chi connectivity index (χ4n) is 1.54. The molecular formula is C13H12ClNO2. The fraction of sp³-hybridized carbons (Fsp3) is 0.154. The van der Waals surface area contributed by atoms with E-state index in [4.69, 9.17) is 16.0 Å². The lowest BCUT2D eigenvalue weighted by atomic mass is 10.2. The third-order valence-corrected chi connectivity index (χ3v) is 2.81. The van der Waals surface area contributed by atoms with Crippen molar-refractivity contribution in [3.63, 3.8) is 0 Å². The lowest BCUT2D eigenvalue weighted by molar-refractivity contribution is 0.0753. The van der Waals surface area contributed by atoms with E-state index in [1.165, 1.54) is 6.26 Å². The molecule has 1 aromatic carbocycles. The number of furan rings is 1. The van der Waals surface area contributed by atoms with Crippen LogP contribution in [0, 0.1) is 0 Å². The van der Waals surface area contributed by atoms with Gasteiger partial charge in [0.05, 0.1) is 6.26 Å². The number of nitrogens with zero attached hydrogens (tertiary/aromatic N) is 1. The molecule has 17 heavy (non-hydrogen) atoms. The molecule has 2 aromatic rings. The summed E-state index contributed by atoms with van der Waals surface area (Å²) in [7, 11) is 1.72. The minimum atomic E-state index is -0.157. The molecule has 1 heterocycles. The highest BCUT2D eigenvalue weighted by Gasteiger charge is 2.15. The molecule has 0 fully saturated rings. The van der Waals surface area contributed by atoms with Crippen LogP contribution in [0.4, 0.5) is 0 Å². The SMILES string of the molecule is CN(Cc1ccccc1Cl)C(=O)c1ccco1. The van der Waals surface area contributed by atoms with Gasteiger partial charge >= 0.3 is 0 Å². The summed E-state index contributed by atoms with van der Waals surface area (Å²) >= 11 is 6.04. The Labute approximate surface area is 105 Å². The van der Waals surface area contributed by atoms with E-state index in [1.54, 1.807) is 24.1 Å². The van der Waals surface area contributed by atoms with Crippen LogP contribution in [0.1, 0.15) is 16.1 Å². The molecule has 2 rings (SSSR count). The van der Waals surface area contributed by atoms with E-state index >= 15 is 0 Å². The summed E-state index contributed by atoms with van der Waals surface area (Å²) in [5, 5.41) is 0.659. The Hall–Kier alpha value is -1.74. The number of carbonyl (C=O) groups is 1. The molecule has 0 spiro atoms. The van der Waals surface area contributed by atoms with Crippen molar-refractivity contribution in [1.29, 1.82) is 0 Å². The van der Waals surface area contributed by atoms with Crippen LogP contribution in [-0.2, 0) is 6.54 Å². The quantitative estimate of drug-likeness (QED) is 0.837. The molecule has 0 saturated heterocycles. The third-order valence-electron chi connectivity index (χ3n) is 2.44. The molecule has 0 saturated carbocycles. The van der Waals surface area contributed by atoms with Gasteiger partial charge in [-0.3, -0.25) is 4.79 Å². The second kappa shape index (κ2) is 5.06. The van der Waals surface area contributed by atoms with Gasteiger partial charge < -0.3 is 9.32 Å². The van der Waals surface area contributed by atoms with Gasteiger partial charge in [-0.15, -0.1) is 0 Å². The van der Waals surface area contributed by atoms with Crippen LogP contribution in [0.5, 0.6) is 0 Å². The third kappa shape index (κ3) is 2.68. The first-order valence-corrected chi connectivity index (χ1v) is 5.58. The Morgan fingerprint density at radius 3 is 2.71 bits per heavy atom. The maximum Gasteiger partial charge on any atom is 0.289 e. The van der Waals surface area contributed by atoms with Crippen LogP contribution in [-0.4, -0.2) is 17.9 Å². The minimum Gasteiger partial charge on any atom is -0.459 e. The van der Waals surface area contributed by atoms with E-state index in [1.807, 2.05) is 24.3 Å².